The molecule has 9 nitrogen and oxygen atoms in total. The van der Waals surface area contributed by atoms with Gasteiger partial charge in [-0.3, -0.25) is 14.4 Å². The van der Waals surface area contributed by atoms with Crippen molar-refractivity contribution in [3.05, 3.63) is 53.6 Å². The van der Waals surface area contributed by atoms with E-state index in [1.807, 2.05) is 13.8 Å². The fourth-order valence-electron chi connectivity index (χ4n) is 4.23. The molecule has 2 aromatic rings. The number of anilines is 1. The molecule has 0 fully saturated rings. The third kappa shape index (κ3) is 6.34. The zero-order chi connectivity index (χ0) is 26.4. The molecule has 0 unspecified atom stereocenters. The summed E-state index contributed by atoms with van der Waals surface area (Å²) >= 11 is 0. The van der Waals surface area contributed by atoms with Gasteiger partial charge in [-0.15, -0.1) is 0 Å². The van der Waals surface area contributed by atoms with E-state index in [-0.39, 0.29) is 42.4 Å². The van der Waals surface area contributed by atoms with E-state index in [2.05, 4.69) is 5.32 Å². The Morgan fingerprint density at radius 1 is 1.06 bits per heavy atom. The van der Waals surface area contributed by atoms with Crippen LogP contribution in [0.4, 0.5) is 5.69 Å². The number of amides is 3. The number of hydrogen-bond acceptors (Lipinski definition) is 6. The number of hydrogen-bond donors (Lipinski definition) is 1. The molecule has 0 spiro atoms. The maximum atomic E-state index is 13.3. The highest BCUT2D eigenvalue weighted by atomic mass is 16.5. The van der Waals surface area contributed by atoms with Crippen LogP contribution in [0.5, 0.6) is 11.5 Å². The molecule has 194 valence electrons. The minimum absolute atomic E-state index is 0.00559. The number of carbonyl (C=O) groups is 3. The van der Waals surface area contributed by atoms with Crippen molar-refractivity contribution in [1.82, 2.24) is 9.80 Å². The molecule has 0 aromatic heterocycles. The van der Waals surface area contributed by atoms with Gasteiger partial charge in [0.15, 0.2) is 0 Å². The van der Waals surface area contributed by atoms with Crippen LogP contribution < -0.4 is 14.8 Å². The quantitative estimate of drug-likeness (QED) is 0.696. The number of likely N-dealkylation sites (N-methyl/N-ethyl adjacent to an activating group) is 1. The standard InChI is InChI=1S/C27H35N3O6/c1-17-14-30(19(3)31)18(2)16-36-24-13-21(28-26(32)20-7-10-22(34-5)11-8-20)9-12-23(24)27(33)29(4)15-25(17)35-6/h7-13,17-18,25H,14-16H2,1-6H3,(H,28,32)/t17-,18-,25+/m1/s1. The SMILES string of the molecule is COc1ccc(C(=O)Nc2ccc3c(c2)OC[C@@H](C)N(C(C)=O)C[C@@H](C)[C@@H](OC)CN(C)C3=O)cc1. The predicted molar refractivity (Wildman–Crippen MR) is 137 cm³/mol. The lowest BCUT2D eigenvalue weighted by Crippen LogP contribution is -2.48. The average Bonchev–Trinajstić information content (AvgIpc) is 2.87. The Morgan fingerprint density at radius 3 is 2.36 bits per heavy atom. The van der Waals surface area contributed by atoms with Crippen LogP contribution in [0.25, 0.3) is 0 Å². The van der Waals surface area contributed by atoms with Gasteiger partial charge in [0.05, 0.1) is 24.8 Å². The van der Waals surface area contributed by atoms with Gasteiger partial charge in [0.1, 0.15) is 18.1 Å². The number of rotatable bonds is 4. The van der Waals surface area contributed by atoms with Gasteiger partial charge in [-0.25, -0.2) is 0 Å². The molecule has 1 aliphatic heterocycles. The second-order valence-corrected chi connectivity index (χ2v) is 9.16. The maximum absolute atomic E-state index is 13.3. The predicted octanol–water partition coefficient (Wildman–Crippen LogP) is 3.30. The molecule has 3 atom stereocenters. The van der Waals surface area contributed by atoms with Gasteiger partial charge >= 0.3 is 0 Å². The molecule has 36 heavy (non-hydrogen) atoms. The monoisotopic (exact) mass is 497 g/mol. The molecule has 1 aliphatic rings. The molecule has 1 heterocycles. The first-order chi connectivity index (χ1) is 17.1. The minimum atomic E-state index is -0.303. The molecule has 3 rings (SSSR count). The summed E-state index contributed by atoms with van der Waals surface area (Å²) in [6.45, 7) is 6.46. The van der Waals surface area contributed by atoms with Gasteiger partial charge < -0.3 is 29.3 Å². The van der Waals surface area contributed by atoms with Gasteiger partial charge in [-0.1, -0.05) is 6.92 Å². The molecular weight excluding hydrogens is 462 g/mol. The van der Waals surface area contributed by atoms with Crippen molar-refractivity contribution in [1.29, 1.82) is 0 Å². The summed E-state index contributed by atoms with van der Waals surface area (Å²) in [5.41, 5.74) is 1.31. The number of nitrogens with one attached hydrogen (secondary N) is 1. The second-order valence-electron chi connectivity index (χ2n) is 9.16. The Morgan fingerprint density at radius 2 is 1.75 bits per heavy atom. The highest BCUT2D eigenvalue weighted by Crippen LogP contribution is 2.27. The van der Waals surface area contributed by atoms with E-state index in [4.69, 9.17) is 14.2 Å². The Labute approximate surface area is 212 Å². The summed E-state index contributed by atoms with van der Waals surface area (Å²) < 4.78 is 16.9. The van der Waals surface area contributed by atoms with E-state index < -0.39 is 0 Å². The molecular formula is C27H35N3O6. The zero-order valence-corrected chi connectivity index (χ0v) is 21.7. The normalized spacial score (nSPS) is 20.9. The summed E-state index contributed by atoms with van der Waals surface area (Å²) in [7, 11) is 4.88. The van der Waals surface area contributed by atoms with Crippen molar-refractivity contribution in [2.75, 3.05) is 46.3 Å². The van der Waals surface area contributed by atoms with Crippen LogP contribution in [0.2, 0.25) is 0 Å². The first kappa shape index (κ1) is 27.0. The average molecular weight is 498 g/mol. The van der Waals surface area contributed by atoms with Gasteiger partial charge in [0.25, 0.3) is 11.8 Å². The highest BCUT2D eigenvalue weighted by Gasteiger charge is 2.29. The molecule has 9 heteroatoms. The fourth-order valence-corrected chi connectivity index (χ4v) is 4.23. The van der Waals surface area contributed by atoms with Crippen molar-refractivity contribution >= 4 is 23.4 Å². The lowest BCUT2D eigenvalue weighted by atomic mass is 10.0. The van der Waals surface area contributed by atoms with Crippen molar-refractivity contribution < 1.29 is 28.6 Å². The van der Waals surface area contributed by atoms with E-state index in [0.29, 0.717) is 41.4 Å². The third-order valence-corrected chi connectivity index (χ3v) is 6.46. The number of ether oxygens (including phenoxy) is 3. The lowest BCUT2D eigenvalue weighted by molar-refractivity contribution is -0.133. The molecule has 0 saturated heterocycles. The van der Waals surface area contributed by atoms with Crippen molar-refractivity contribution in [3.8, 4) is 11.5 Å². The second kappa shape index (κ2) is 11.9. The van der Waals surface area contributed by atoms with Gasteiger partial charge in [-0.05, 0) is 43.3 Å². The minimum Gasteiger partial charge on any atom is -0.497 e. The number of nitrogens with zero attached hydrogens (tertiary/aromatic N) is 2. The van der Waals surface area contributed by atoms with Crippen molar-refractivity contribution in [2.45, 2.75) is 32.9 Å². The Balaban J connectivity index is 1.91. The first-order valence-electron chi connectivity index (χ1n) is 11.9. The van der Waals surface area contributed by atoms with Crippen LogP contribution in [-0.4, -0.2) is 80.6 Å². The summed E-state index contributed by atoms with van der Waals surface area (Å²) in [5.74, 6) is 0.408. The van der Waals surface area contributed by atoms with Gasteiger partial charge in [-0.2, -0.15) is 0 Å². The summed E-state index contributed by atoms with van der Waals surface area (Å²) in [4.78, 5) is 41.8. The van der Waals surface area contributed by atoms with Gasteiger partial charge in [0, 0.05) is 57.4 Å². The first-order valence-corrected chi connectivity index (χ1v) is 11.9. The maximum Gasteiger partial charge on any atom is 0.257 e. The number of fused-ring (bicyclic) bond motifs is 1. The molecule has 0 bridgehead atoms. The van der Waals surface area contributed by atoms with E-state index in [1.54, 1.807) is 73.5 Å². The summed E-state index contributed by atoms with van der Waals surface area (Å²) in [6.07, 6.45) is -0.250. The topological polar surface area (TPSA) is 97.4 Å². The van der Waals surface area contributed by atoms with Crippen LogP contribution in [0, 0.1) is 5.92 Å². The largest absolute Gasteiger partial charge is 0.497 e. The van der Waals surface area contributed by atoms with Crippen LogP contribution in [0.3, 0.4) is 0 Å². The Hall–Kier alpha value is -3.59. The van der Waals surface area contributed by atoms with Crippen molar-refractivity contribution in [2.24, 2.45) is 5.92 Å². The Bertz CT molecular complexity index is 1090. The molecule has 0 saturated carbocycles. The van der Waals surface area contributed by atoms with Gasteiger partial charge in [0.2, 0.25) is 5.91 Å². The molecule has 1 N–H and O–H groups in total. The third-order valence-electron chi connectivity index (χ3n) is 6.46. The fraction of sp³-hybridized carbons (Fsp3) is 0.444. The number of methoxy groups -OCH3 is 2. The zero-order valence-electron chi connectivity index (χ0n) is 21.7. The lowest BCUT2D eigenvalue weighted by Gasteiger charge is -2.35. The number of carbonyl (C=O) groups excluding carboxylic acids is 3. The van der Waals surface area contributed by atoms with E-state index in [1.165, 1.54) is 6.92 Å². The summed E-state index contributed by atoms with van der Waals surface area (Å²) in [6, 6.07) is 11.5. The molecule has 0 aliphatic carbocycles. The molecule has 0 radical (unpaired) electrons. The summed E-state index contributed by atoms with van der Waals surface area (Å²) in [5, 5.41) is 2.85. The van der Waals surface area contributed by atoms with Crippen LogP contribution in [-0.2, 0) is 9.53 Å². The van der Waals surface area contributed by atoms with E-state index >= 15 is 0 Å². The van der Waals surface area contributed by atoms with Crippen LogP contribution >= 0.6 is 0 Å². The van der Waals surface area contributed by atoms with E-state index in [9.17, 15) is 14.4 Å². The molecule has 3 amide bonds. The smallest absolute Gasteiger partial charge is 0.257 e. The van der Waals surface area contributed by atoms with Crippen LogP contribution in [0.1, 0.15) is 41.5 Å². The molecule has 2 aromatic carbocycles. The highest BCUT2D eigenvalue weighted by molar-refractivity contribution is 6.05. The van der Waals surface area contributed by atoms with Crippen LogP contribution in [0.15, 0.2) is 42.5 Å². The van der Waals surface area contributed by atoms with Crippen molar-refractivity contribution in [3.63, 3.8) is 0 Å². The Kier molecular flexibility index (Phi) is 8.93. The number of benzene rings is 2. The van der Waals surface area contributed by atoms with E-state index in [0.717, 1.165) is 0 Å².